The van der Waals surface area contributed by atoms with E-state index in [1.54, 1.807) is 28.4 Å². The highest BCUT2D eigenvalue weighted by Crippen LogP contribution is 2.28. The van der Waals surface area contributed by atoms with E-state index in [-0.39, 0.29) is 0 Å². The van der Waals surface area contributed by atoms with Gasteiger partial charge in [-0.3, -0.25) is 0 Å². The molecule has 0 saturated carbocycles. The highest BCUT2D eigenvalue weighted by atomic mass is 28.5. The largest absolute Gasteiger partial charge is 0.493 e. The molecule has 0 atom stereocenters. The van der Waals surface area contributed by atoms with Crippen molar-refractivity contribution in [2.75, 3.05) is 41.5 Å². The second-order valence-corrected chi connectivity index (χ2v) is 16.2. The first-order valence-electron chi connectivity index (χ1n) is 15.0. The zero-order valence-electron chi connectivity index (χ0n) is 25.3. The van der Waals surface area contributed by atoms with Crippen LogP contribution in [0.2, 0.25) is 12.1 Å². The second-order valence-electron chi connectivity index (χ2n) is 10.1. The molecule has 0 aromatic carbocycles. The predicted octanol–water partition coefficient (Wildman–Crippen LogP) is 9.11. The molecule has 0 saturated heterocycles. The molecule has 0 N–H and O–H groups in total. The molecule has 0 spiro atoms. The first kappa shape index (κ1) is 37.9. The van der Waals surface area contributed by atoms with Crippen molar-refractivity contribution in [3.8, 4) is 0 Å². The molecule has 228 valence electrons. The van der Waals surface area contributed by atoms with E-state index in [9.17, 15) is 0 Å². The molecule has 39 heavy (non-hydrogen) atoms. The molecule has 11 nitrogen and oxygen atoms in total. The van der Waals surface area contributed by atoms with Crippen LogP contribution in [-0.4, -0.2) is 59.1 Å². The number of hydrogen-bond donors (Lipinski definition) is 0. The topological polar surface area (TPSA) is 144 Å². The molecule has 0 unspecified atom stereocenters. The Morgan fingerprint density at radius 1 is 0.436 bits per heavy atom. The van der Waals surface area contributed by atoms with Crippen molar-refractivity contribution in [3.05, 3.63) is 20.9 Å². The molecule has 0 aliphatic rings. The Kier molecular flexibility index (Phi) is 26.2. The van der Waals surface area contributed by atoms with E-state index in [2.05, 4.69) is 20.1 Å². The average Bonchev–Trinajstić information content (AvgIpc) is 2.97. The van der Waals surface area contributed by atoms with Crippen LogP contribution in [0.4, 0.5) is 0 Å². The van der Waals surface area contributed by atoms with E-state index in [1.165, 1.54) is 64.2 Å². The monoisotopic (exact) mass is 588 g/mol. The Bertz CT molecular complexity index is 605. The predicted molar refractivity (Wildman–Crippen MR) is 161 cm³/mol. The third kappa shape index (κ3) is 20.4. The highest BCUT2D eigenvalue weighted by molar-refractivity contribution is 6.74. The van der Waals surface area contributed by atoms with Crippen LogP contribution in [0.25, 0.3) is 20.9 Å². The Morgan fingerprint density at radius 3 is 0.949 bits per heavy atom. The van der Waals surface area contributed by atoms with Crippen molar-refractivity contribution < 1.29 is 21.8 Å². The van der Waals surface area contributed by atoms with Crippen LogP contribution in [0.3, 0.4) is 0 Å². The maximum Gasteiger partial charge on any atom is 0.493 e. The van der Waals surface area contributed by atoms with Crippen LogP contribution in [0.15, 0.2) is 10.2 Å². The molecule has 0 rings (SSSR count). The normalized spacial score (nSPS) is 11.8. The van der Waals surface area contributed by atoms with E-state index in [0.717, 1.165) is 63.5 Å². The molecule has 0 aromatic rings. The summed E-state index contributed by atoms with van der Waals surface area (Å²) in [5.74, 6) is 0. The summed E-state index contributed by atoms with van der Waals surface area (Å²) in [5.41, 5.74) is 16.6. The van der Waals surface area contributed by atoms with Crippen molar-refractivity contribution in [3.63, 3.8) is 0 Å². The molecule has 0 aromatic heterocycles. The molecule has 0 radical (unpaired) electrons. The summed E-state index contributed by atoms with van der Waals surface area (Å²) in [7, 11) is 0.978. The summed E-state index contributed by atoms with van der Waals surface area (Å²) in [6, 6.07) is 1.54. The van der Waals surface area contributed by atoms with Gasteiger partial charge < -0.3 is 21.8 Å². The third-order valence-electron chi connectivity index (χ3n) is 7.16. The Balaban J connectivity index is 4.22. The minimum atomic E-state index is -2.87. The summed E-state index contributed by atoms with van der Waals surface area (Å²) in [4.78, 5) is 5.58. The standard InChI is InChI=1S/C26H56N6O5Si2/c1-33-38(34-2,25-21-17-13-9-5-7-11-15-19-23-29-31-27)37-39(35-3,36-4)26-22-18-14-10-6-8-12-16-20-24-30-32-28/h5-26H2,1-4H3. The zero-order valence-corrected chi connectivity index (χ0v) is 27.3. The van der Waals surface area contributed by atoms with E-state index in [0.29, 0.717) is 13.1 Å². The molecule has 0 aliphatic carbocycles. The van der Waals surface area contributed by atoms with E-state index >= 15 is 0 Å². The average molecular weight is 589 g/mol. The molecular formula is C26H56N6O5Si2. The van der Waals surface area contributed by atoms with Crippen LogP contribution < -0.4 is 0 Å². The number of unbranched alkanes of at least 4 members (excludes halogenated alkanes) is 16. The van der Waals surface area contributed by atoms with Gasteiger partial charge in [0.15, 0.2) is 0 Å². The lowest BCUT2D eigenvalue weighted by molar-refractivity contribution is 0.0856. The molecule has 0 aliphatic heterocycles. The summed E-state index contributed by atoms with van der Waals surface area (Å²) in [5, 5.41) is 7.16. The fourth-order valence-electron chi connectivity index (χ4n) is 4.69. The summed E-state index contributed by atoms with van der Waals surface area (Å²) < 4.78 is 30.1. The molecular weight excluding hydrogens is 532 g/mol. The quantitative estimate of drug-likeness (QED) is 0.0270. The summed E-state index contributed by atoms with van der Waals surface area (Å²) in [6.07, 6.45) is 20.8. The number of azide groups is 2. The number of nitrogens with zero attached hydrogens (tertiary/aromatic N) is 6. The van der Waals surface area contributed by atoms with Crippen LogP contribution in [-0.2, 0) is 21.8 Å². The maximum absolute atomic E-state index is 8.29. The fourth-order valence-corrected chi connectivity index (χ4v) is 11.3. The van der Waals surface area contributed by atoms with E-state index < -0.39 is 17.6 Å². The molecule has 0 bridgehead atoms. The fraction of sp³-hybridized carbons (Fsp3) is 1.00. The lowest BCUT2D eigenvalue weighted by atomic mass is 10.1. The number of hydrogen-bond acceptors (Lipinski definition) is 7. The summed E-state index contributed by atoms with van der Waals surface area (Å²) >= 11 is 0. The van der Waals surface area contributed by atoms with Crippen LogP contribution in [0.5, 0.6) is 0 Å². The SMILES string of the molecule is CO[Si](CCCCCCCCCCCN=[N+]=[N-])(OC)O[Si](CCCCCCCCCCCN=[N+]=[N-])(OC)OC. The van der Waals surface area contributed by atoms with Gasteiger partial charge in [0.2, 0.25) is 0 Å². The van der Waals surface area contributed by atoms with Gasteiger partial charge in [-0.2, -0.15) is 0 Å². The van der Waals surface area contributed by atoms with Gasteiger partial charge in [-0.15, -0.1) is 0 Å². The van der Waals surface area contributed by atoms with Crippen molar-refractivity contribution in [2.45, 2.75) is 128 Å². The van der Waals surface area contributed by atoms with Gasteiger partial charge in [0, 0.05) is 63.4 Å². The maximum atomic E-state index is 8.29. The van der Waals surface area contributed by atoms with Gasteiger partial charge in [-0.05, 0) is 36.7 Å². The van der Waals surface area contributed by atoms with Crippen LogP contribution in [0, 0.1) is 0 Å². The Hall–Kier alpha value is -1.15. The number of rotatable bonds is 30. The smallest absolute Gasteiger partial charge is 0.377 e. The lowest BCUT2D eigenvalue weighted by Crippen LogP contribution is -2.57. The van der Waals surface area contributed by atoms with E-state index in [4.69, 9.17) is 32.9 Å². The van der Waals surface area contributed by atoms with Gasteiger partial charge in [0.1, 0.15) is 0 Å². The van der Waals surface area contributed by atoms with Crippen molar-refractivity contribution in [1.82, 2.24) is 0 Å². The van der Waals surface area contributed by atoms with Crippen LogP contribution >= 0.6 is 0 Å². The van der Waals surface area contributed by atoms with Crippen molar-refractivity contribution >= 4 is 17.6 Å². The first-order valence-corrected chi connectivity index (χ1v) is 18.9. The zero-order chi connectivity index (χ0) is 28.9. The van der Waals surface area contributed by atoms with Gasteiger partial charge >= 0.3 is 17.6 Å². The van der Waals surface area contributed by atoms with Crippen molar-refractivity contribution in [1.29, 1.82) is 0 Å². The second kappa shape index (κ2) is 27.0. The Labute approximate surface area is 239 Å². The summed E-state index contributed by atoms with van der Waals surface area (Å²) in [6.45, 7) is 1.23. The third-order valence-corrected chi connectivity index (χ3v) is 14.1. The molecule has 0 fully saturated rings. The van der Waals surface area contributed by atoms with Gasteiger partial charge in [0.05, 0.1) is 0 Å². The minimum Gasteiger partial charge on any atom is -0.377 e. The Morgan fingerprint density at radius 2 is 0.692 bits per heavy atom. The van der Waals surface area contributed by atoms with E-state index in [1.807, 2.05) is 0 Å². The van der Waals surface area contributed by atoms with Crippen molar-refractivity contribution in [2.24, 2.45) is 10.2 Å². The van der Waals surface area contributed by atoms with Gasteiger partial charge in [0.25, 0.3) is 0 Å². The minimum absolute atomic E-state index is 0.614. The molecule has 13 heteroatoms. The lowest BCUT2D eigenvalue weighted by Gasteiger charge is -2.35. The van der Waals surface area contributed by atoms with Crippen LogP contribution in [0.1, 0.15) is 116 Å². The van der Waals surface area contributed by atoms with Gasteiger partial charge in [-0.25, -0.2) is 0 Å². The molecule has 0 amide bonds. The highest BCUT2D eigenvalue weighted by Gasteiger charge is 2.51. The first-order chi connectivity index (χ1) is 19.1. The van der Waals surface area contributed by atoms with Gasteiger partial charge in [-0.1, -0.05) is 100 Å². The molecule has 0 heterocycles.